The Morgan fingerprint density at radius 2 is 1.89 bits per heavy atom. The molecule has 0 aliphatic carbocycles. The Morgan fingerprint density at radius 3 is 2.49 bits per heavy atom. The minimum atomic E-state index is -0.861. The maximum Gasteiger partial charge on any atom is 0.413 e. The number of benzene rings is 2. The van der Waals surface area contributed by atoms with Crippen molar-refractivity contribution in [3.05, 3.63) is 71.8 Å². The van der Waals surface area contributed by atoms with E-state index in [9.17, 15) is 9.90 Å². The number of ether oxygens (including phenoxy) is 1. The number of imidazole rings is 1. The fourth-order valence-corrected chi connectivity index (χ4v) is 3.56. The lowest BCUT2D eigenvalue weighted by Crippen LogP contribution is -2.47. The molecular formula is C25H31ClN6O3. The minimum absolute atomic E-state index is 0.259. The second kappa shape index (κ2) is 11.3. The molecule has 0 aliphatic rings. The highest BCUT2D eigenvalue weighted by Gasteiger charge is 2.40. The first-order valence-corrected chi connectivity index (χ1v) is 11.6. The third-order valence-corrected chi connectivity index (χ3v) is 6.07. The first kappa shape index (κ1) is 26.2. The highest BCUT2D eigenvalue weighted by Crippen LogP contribution is 2.35. The summed E-state index contributed by atoms with van der Waals surface area (Å²) in [4.78, 5) is 21.9. The number of amides is 1. The summed E-state index contributed by atoms with van der Waals surface area (Å²) in [5, 5.41) is 18.4. The zero-order chi connectivity index (χ0) is 25.5. The van der Waals surface area contributed by atoms with Crippen LogP contribution in [0.25, 0.3) is 11.0 Å². The molecule has 0 saturated carbocycles. The second-order valence-electron chi connectivity index (χ2n) is 9.22. The first-order chi connectivity index (χ1) is 16.6. The Kier molecular flexibility index (Phi) is 8.48. The van der Waals surface area contributed by atoms with Crippen LogP contribution in [0.4, 0.5) is 10.7 Å². The zero-order valence-electron chi connectivity index (χ0n) is 20.3. The Bertz CT molecular complexity index is 1190. The number of aromatic nitrogens is 5. The molecule has 3 N–H and O–H groups in total. The van der Waals surface area contributed by atoms with Crippen molar-refractivity contribution in [2.45, 2.75) is 45.8 Å². The van der Waals surface area contributed by atoms with E-state index in [1.165, 1.54) is 19.0 Å². The van der Waals surface area contributed by atoms with Gasteiger partial charge in [-0.05, 0) is 48.1 Å². The van der Waals surface area contributed by atoms with Gasteiger partial charge in [-0.1, -0.05) is 56.6 Å². The number of halogens is 1. The molecule has 2 heterocycles. The number of rotatable bonds is 6. The van der Waals surface area contributed by atoms with Gasteiger partial charge < -0.3 is 14.8 Å². The molecule has 0 bridgehead atoms. The molecule has 35 heavy (non-hydrogen) atoms. The number of aryl methyl sites for hydroxylation is 1. The largest absolute Gasteiger partial charge is 0.453 e. The highest BCUT2D eigenvalue weighted by molar-refractivity contribution is 6.30. The van der Waals surface area contributed by atoms with E-state index in [2.05, 4.69) is 30.1 Å². The normalized spacial score (nSPS) is 13.0. The van der Waals surface area contributed by atoms with Gasteiger partial charge in [0.2, 0.25) is 5.95 Å². The number of carbonyl (C=O) groups excluding carboxylic acids is 1. The van der Waals surface area contributed by atoms with Crippen LogP contribution >= 0.6 is 11.6 Å². The average molecular weight is 499 g/mol. The molecule has 1 unspecified atom stereocenters. The lowest BCUT2D eigenvalue weighted by molar-refractivity contribution is -0.0796. The van der Waals surface area contributed by atoms with Crippen LogP contribution in [0.3, 0.4) is 0 Å². The lowest BCUT2D eigenvalue weighted by atomic mass is 9.73. The molecule has 4 aromatic rings. The molecule has 1 atom stereocenters. The number of H-pyrrole nitrogens is 1. The quantitative estimate of drug-likeness (QED) is 0.341. The van der Waals surface area contributed by atoms with Crippen molar-refractivity contribution in [1.82, 2.24) is 24.7 Å². The van der Waals surface area contributed by atoms with Crippen LogP contribution in [0, 0.1) is 5.41 Å². The highest BCUT2D eigenvalue weighted by atomic mass is 35.5. The van der Waals surface area contributed by atoms with Crippen molar-refractivity contribution in [1.29, 1.82) is 0 Å². The Morgan fingerprint density at radius 1 is 1.17 bits per heavy atom. The van der Waals surface area contributed by atoms with E-state index in [0.717, 1.165) is 22.5 Å². The number of nitrogens with one attached hydrogen (secondary N) is 2. The van der Waals surface area contributed by atoms with Crippen molar-refractivity contribution < 1.29 is 14.6 Å². The summed E-state index contributed by atoms with van der Waals surface area (Å²) >= 11 is 5.90. The molecule has 0 spiro atoms. The maximum atomic E-state index is 11.1. The molecule has 2 aromatic carbocycles. The molecule has 0 saturated heterocycles. The second-order valence-corrected chi connectivity index (χ2v) is 9.66. The number of hydrogen-bond donors (Lipinski definition) is 3. The van der Waals surface area contributed by atoms with E-state index in [-0.39, 0.29) is 5.41 Å². The van der Waals surface area contributed by atoms with Crippen LogP contribution in [0.15, 0.2) is 61.2 Å². The summed E-state index contributed by atoms with van der Waals surface area (Å²) in [5.41, 5.74) is 1.73. The van der Waals surface area contributed by atoms with Gasteiger partial charge in [-0.3, -0.25) is 10.00 Å². The van der Waals surface area contributed by atoms with Gasteiger partial charge in [-0.25, -0.2) is 14.8 Å². The molecule has 9 nitrogen and oxygen atoms in total. The van der Waals surface area contributed by atoms with Crippen LogP contribution in [0.2, 0.25) is 5.02 Å². The molecule has 1 amide bonds. The standard InChI is InChI=1S/C16H22ClN3O.C9H9N3O2/c1-15(2,3)16(21,10-20-12-18-11-19-20)9-8-13-4-6-14(17)7-5-13;1-14-9(13)12-8-10-6-4-2-3-5-7(6)11-8/h4-7,11-12,21H,8-10H2,1-3H3;2-5H,1H3,(H2,10,11,12,13). The third-order valence-electron chi connectivity index (χ3n) is 5.82. The average Bonchev–Trinajstić information content (AvgIpc) is 3.47. The molecule has 2 aromatic heterocycles. The molecular weight excluding hydrogens is 468 g/mol. The van der Waals surface area contributed by atoms with E-state index in [1.807, 2.05) is 69.3 Å². The van der Waals surface area contributed by atoms with Gasteiger partial charge in [0, 0.05) is 5.02 Å². The smallest absolute Gasteiger partial charge is 0.413 e. The summed E-state index contributed by atoms with van der Waals surface area (Å²) in [5.74, 6) is 0.387. The molecule has 4 rings (SSSR count). The fourth-order valence-electron chi connectivity index (χ4n) is 3.44. The number of carbonyl (C=O) groups is 1. The van der Waals surface area contributed by atoms with E-state index < -0.39 is 11.7 Å². The van der Waals surface area contributed by atoms with Crippen molar-refractivity contribution in [2.75, 3.05) is 12.4 Å². The van der Waals surface area contributed by atoms with E-state index in [4.69, 9.17) is 11.6 Å². The maximum absolute atomic E-state index is 11.1. The zero-order valence-corrected chi connectivity index (χ0v) is 21.1. The summed E-state index contributed by atoms with van der Waals surface area (Å²) in [6.45, 7) is 6.58. The molecule has 0 radical (unpaired) electrons. The minimum Gasteiger partial charge on any atom is -0.453 e. The van der Waals surface area contributed by atoms with Crippen LogP contribution in [-0.2, 0) is 17.7 Å². The van der Waals surface area contributed by atoms with Gasteiger partial charge in [0.15, 0.2) is 0 Å². The van der Waals surface area contributed by atoms with E-state index in [1.54, 1.807) is 11.0 Å². The first-order valence-electron chi connectivity index (χ1n) is 11.2. The number of aromatic amines is 1. The topological polar surface area (TPSA) is 118 Å². The van der Waals surface area contributed by atoms with Crippen molar-refractivity contribution in [3.63, 3.8) is 0 Å². The Balaban J connectivity index is 0.000000211. The van der Waals surface area contributed by atoms with Crippen LogP contribution in [0.1, 0.15) is 32.8 Å². The van der Waals surface area contributed by atoms with Gasteiger partial charge >= 0.3 is 6.09 Å². The van der Waals surface area contributed by atoms with Gasteiger partial charge in [-0.2, -0.15) is 5.10 Å². The van der Waals surface area contributed by atoms with E-state index >= 15 is 0 Å². The van der Waals surface area contributed by atoms with Crippen molar-refractivity contribution >= 4 is 34.7 Å². The number of para-hydroxylation sites is 2. The Hall–Kier alpha value is -3.43. The van der Waals surface area contributed by atoms with Gasteiger partial charge in [0.1, 0.15) is 12.7 Å². The number of nitrogens with zero attached hydrogens (tertiary/aromatic N) is 4. The van der Waals surface area contributed by atoms with Crippen LogP contribution in [-0.4, -0.2) is 48.6 Å². The molecule has 0 aliphatic heterocycles. The monoisotopic (exact) mass is 498 g/mol. The molecule has 10 heteroatoms. The molecule has 0 fully saturated rings. The number of hydrogen-bond acceptors (Lipinski definition) is 6. The number of methoxy groups -OCH3 is 1. The fraction of sp³-hybridized carbons (Fsp3) is 0.360. The Labute approximate surface area is 209 Å². The molecule has 186 valence electrons. The number of aliphatic hydroxyl groups is 1. The summed E-state index contributed by atoms with van der Waals surface area (Å²) < 4.78 is 6.13. The van der Waals surface area contributed by atoms with E-state index in [0.29, 0.717) is 18.9 Å². The van der Waals surface area contributed by atoms with Crippen LogP contribution in [0.5, 0.6) is 0 Å². The summed E-state index contributed by atoms with van der Waals surface area (Å²) in [7, 11) is 1.30. The predicted octanol–water partition coefficient (Wildman–Crippen LogP) is 5.08. The third kappa shape index (κ3) is 7.27. The summed E-state index contributed by atoms with van der Waals surface area (Å²) in [6.07, 6.45) is 4.03. The number of fused-ring (bicyclic) bond motifs is 1. The lowest BCUT2D eigenvalue weighted by Gasteiger charge is -2.40. The SMILES string of the molecule is CC(C)(C)C(O)(CCc1ccc(Cl)cc1)Cn1cncn1.COC(=O)Nc1nc2ccccc2[nH]1. The number of anilines is 1. The van der Waals surface area contributed by atoms with Gasteiger partial charge in [0.25, 0.3) is 0 Å². The van der Waals surface area contributed by atoms with Crippen molar-refractivity contribution in [2.24, 2.45) is 5.41 Å². The van der Waals surface area contributed by atoms with Crippen LogP contribution < -0.4 is 5.32 Å². The predicted molar refractivity (Wildman–Crippen MR) is 136 cm³/mol. The van der Waals surface area contributed by atoms with Gasteiger partial charge in [-0.15, -0.1) is 0 Å². The van der Waals surface area contributed by atoms with Gasteiger partial charge in [0.05, 0.1) is 30.3 Å². The summed E-state index contributed by atoms with van der Waals surface area (Å²) in [6, 6.07) is 15.3. The van der Waals surface area contributed by atoms with Crippen molar-refractivity contribution in [3.8, 4) is 0 Å².